The molecule has 0 aliphatic heterocycles. The Hall–Kier alpha value is -2.07. The summed E-state index contributed by atoms with van der Waals surface area (Å²) in [7, 11) is 0. The molecule has 1 heterocycles. The van der Waals surface area contributed by atoms with Gasteiger partial charge in [-0.25, -0.2) is 4.98 Å². The third kappa shape index (κ3) is 7.56. The van der Waals surface area contributed by atoms with Crippen molar-refractivity contribution in [3.8, 4) is 0 Å². The quantitative estimate of drug-likeness (QED) is 0.446. The Balaban J connectivity index is 0.00000312. The Morgan fingerprint density at radius 1 is 1.12 bits per heavy atom. The van der Waals surface area contributed by atoms with Crippen LogP contribution in [0, 0.1) is 0 Å². The van der Waals surface area contributed by atoms with E-state index < -0.39 is 0 Å². The van der Waals surface area contributed by atoms with Crippen LogP contribution in [0.3, 0.4) is 0 Å². The summed E-state index contributed by atoms with van der Waals surface area (Å²) in [5.74, 6) is 0.560. The van der Waals surface area contributed by atoms with Gasteiger partial charge in [0.15, 0.2) is 0 Å². The normalized spacial score (nSPS) is 9.96. The van der Waals surface area contributed by atoms with Gasteiger partial charge in [0, 0.05) is 24.1 Å². The van der Waals surface area contributed by atoms with Gasteiger partial charge in [0.1, 0.15) is 5.82 Å². The molecule has 25 heavy (non-hydrogen) atoms. The van der Waals surface area contributed by atoms with Crippen LogP contribution in [0.25, 0.3) is 5.73 Å². The van der Waals surface area contributed by atoms with Crippen molar-refractivity contribution in [1.82, 2.24) is 15.3 Å². The molecule has 1 aromatic heterocycles. The van der Waals surface area contributed by atoms with E-state index >= 15 is 0 Å². The van der Waals surface area contributed by atoms with Gasteiger partial charge in [0.25, 0.3) is 5.91 Å². The fourth-order valence-corrected chi connectivity index (χ4v) is 2.24. The molecule has 5 N–H and O–H groups in total. The zero-order valence-electron chi connectivity index (χ0n) is 14.6. The first-order valence-electron chi connectivity index (χ1n) is 8.08. The minimum Gasteiger partial charge on any atom is -0.482 e. The van der Waals surface area contributed by atoms with Crippen LogP contribution in [0.2, 0.25) is 0 Å². The average molecular weight is 334 g/mol. The molecule has 0 spiro atoms. The topological polar surface area (TPSA) is 117 Å². The van der Waals surface area contributed by atoms with E-state index in [1.54, 1.807) is 18.2 Å². The number of hydrogen-bond donors (Lipinski definition) is 3. The first-order chi connectivity index (χ1) is 11.7. The summed E-state index contributed by atoms with van der Waals surface area (Å²) in [6.07, 6.45) is 5.48. The van der Waals surface area contributed by atoms with Crippen molar-refractivity contribution in [2.75, 3.05) is 18.4 Å². The number of hydrogen-bond acceptors (Lipinski definition) is 5. The summed E-state index contributed by atoms with van der Waals surface area (Å²) in [6, 6.07) is 8.70. The van der Waals surface area contributed by atoms with Crippen LogP contribution < -0.4 is 35.2 Å². The number of carbonyl (C=O) groups excluding carboxylic acids is 1. The molecule has 8 heteroatoms. The molecule has 1 amide bonds. The molecular formula is C17H23LiN6O. The second-order valence-corrected chi connectivity index (χ2v) is 5.45. The first kappa shape index (κ1) is 21.0. The molecule has 0 radical (unpaired) electrons. The van der Waals surface area contributed by atoms with Crippen LogP contribution in [-0.2, 0) is 0 Å². The van der Waals surface area contributed by atoms with E-state index in [2.05, 4.69) is 20.6 Å². The SMILES string of the molecule is [Li+].[NH-]c1cc(Nc2cccc(C(=O)NCCCCCCN)c2)ncn1. The molecule has 0 atom stereocenters. The van der Waals surface area contributed by atoms with Gasteiger partial charge in [0.05, 0.1) is 0 Å². The van der Waals surface area contributed by atoms with E-state index in [4.69, 9.17) is 11.5 Å². The molecule has 128 valence electrons. The number of nitrogens with zero attached hydrogens (tertiary/aromatic N) is 2. The fraction of sp³-hybridized carbons (Fsp3) is 0.353. The Bertz CT molecular complexity index is 667. The third-order valence-electron chi connectivity index (χ3n) is 3.48. The summed E-state index contributed by atoms with van der Waals surface area (Å²) in [4.78, 5) is 20.0. The van der Waals surface area contributed by atoms with Gasteiger partial charge < -0.3 is 27.1 Å². The largest absolute Gasteiger partial charge is 1.00 e. The number of carbonyl (C=O) groups is 1. The van der Waals surface area contributed by atoms with Gasteiger partial charge in [-0.3, -0.25) is 4.79 Å². The molecule has 1 aromatic carbocycles. The Kier molecular flexibility index (Phi) is 9.63. The van der Waals surface area contributed by atoms with Crippen LogP contribution in [0.1, 0.15) is 36.0 Å². The minimum atomic E-state index is -0.0960. The molecule has 2 aromatic rings. The van der Waals surface area contributed by atoms with E-state index in [9.17, 15) is 4.79 Å². The van der Waals surface area contributed by atoms with Crippen molar-refractivity contribution in [1.29, 1.82) is 0 Å². The van der Waals surface area contributed by atoms with Crippen LogP contribution in [0.4, 0.5) is 17.3 Å². The van der Waals surface area contributed by atoms with Crippen LogP contribution in [0.5, 0.6) is 0 Å². The van der Waals surface area contributed by atoms with Gasteiger partial charge in [0.2, 0.25) is 0 Å². The maximum Gasteiger partial charge on any atom is 1.00 e. The van der Waals surface area contributed by atoms with Gasteiger partial charge >= 0.3 is 18.9 Å². The molecule has 0 saturated heterocycles. The zero-order valence-corrected chi connectivity index (χ0v) is 14.6. The van der Waals surface area contributed by atoms with Crippen LogP contribution >= 0.6 is 0 Å². The Morgan fingerprint density at radius 2 is 1.92 bits per heavy atom. The molecule has 0 fully saturated rings. The minimum absolute atomic E-state index is 0. The molecule has 0 aliphatic rings. The summed E-state index contributed by atoms with van der Waals surface area (Å²) in [5.41, 5.74) is 14.3. The predicted molar refractivity (Wildman–Crippen MR) is 95.6 cm³/mol. The van der Waals surface area contributed by atoms with E-state index in [0.717, 1.165) is 37.9 Å². The number of aromatic nitrogens is 2. The number of unbranched alkanes of at least 4 members (excludes halogenated alkanes) is 3. The second kappa shape index (κ2) is 11.5. The summed E-state index contributed by atoms with van der Waals surface area (Å²) >= 11 is 0. The molecule has 0 aliphatic carbocycles. The Labute approximate surface area is 160 Å². The van der Waals surface area contributed by atoms with Gasteiger partial charge in [-0.15, -0.1) is 0 Å². The van der Waals surface area contributed by atoms with Gasteiger partial charge in [-0.1, -0.05) is 24.7 Å². The number of anilines is 2. The van der Waals surface area contributed by atoms with Crippen molar-refractivity contribution in [3.05, 3.63) is 48.0 Å². The number of nitrogens with two attached hydrogens (primary N) is 1. The Morgan fingerprint density at radius 3 is 2.68 bits per heavy atom. The van der Waals surface area contributed by atoms with E-state index in [1.165, 1.54) is 12.4 Å². The van der Waals surface area contributed by atoms with E-state index in [1.807, 2.05) is 6.07 Å². The summed E-state index contributed by atoms with van der Waals surface area (Å²) in [6.45, 7) is 1.38. The van der Waals surface area contributed by atoms with Crippen molar-refractivity contribution >= 4 is 23.2 Å². The van der Waals surface area contributed by atoms with Crippen molar-refractivity contribution in [2.45, 2.75) is 25.7 Å². The predicted octanol–water partition coefficient (Wildman–Crippen LogP) is 0.157. The second-order valence-electron chi connectivity index (χ2n) is 5.45. The standard InChI is InChI=1S/C17H24N6O.Li/c18-8-3-1-2-4-9-20-17(24)13-6-5-7-14(10-13)23-16-11-15(19)21-12-22-16;/h5-7,10-12H,1-4,8-9,18H2,(H4,19,20,21,22,23,24);/q;+1/p-1. The molecule has 0 unspecified atom stereocenters. The number of nitrogens with one attached hydrogen (secondary N) is 3. The van der Waals surface area contributed by atoms with Gasteiger partial charge in [-0.05, 0) is 43.7 Å². The molecule has 7 nitrogen and oxygen atoms in total. The van der Waals surface area contributed by atoms with Crippen molar-refractivity contribution in [2.24, 2.45) is 5.73 Å². The van der Waals surface area contributed by atoms with Gasteiger partial charge in [-0.2, -0.15) is 0 Å². The molecule has 0 saturated carbocycles. The fourth-order valence-electron chi connectivity index (χ4n) is 2.24. The van der Waals surface area contributed by atoms with E-state index in [-0.39, 0.29) is 30.6 Å². The van der Waals surface area contributed by atoms with E-state index in [0.29, 0.717) is 17.9 Å². The monoisotopic (exact) mass is 334 g/mol. The summed E-state index contributed by atoms with van der Waals surface area (Å²) < 4.78 is 0. The average Bonchev–Trinajstić information content (AvgIpc) is 2.58. The van der Waals surface area contributed by atoms with Crippen LogP contribution in [0.15, 0.2) is 36.7 Å². The smallest absolute Gasteiger partial charge is 0.482 e. The number of rotatable bonds is 9. The summed E-state index contributed by atoms with van der Waals surface area (Å²) in [5, 5.41) is 5.99. The number of amides is 1. The van der Waals surface area contributed by atoms with Crippen molar-refractivity contribution < 1.29 is 23.7 Å². The molecule has 2 rings (SSSR count). The van der Waals surface area contributed by atoms with Crippen LogP contribution in [-0.4, -0.2) is 29.0 Å². The molecular weight excluding hydrogens is 311 g/mol. The maximum atomic E-state index is 12.2. The number of benzene rings is 1. The maximum absolute atomic E-state index is 12.2. The molecule has 0 bridgehead atoms. The zero-order chi connectivity index (χ0) is 17.2. The van der Waals surface area contributed by atoms with Crippen molar-refractivity contribution in [3.63, 3.8) is 0 Å². The first-order valence-corrected chi connectivity index (χ1v) is 8.08. The third-order valence-corrected chi connectivity index (χ3v) is 3.48.